The molecule has 22 heavy (non-hydrogen) atoms. The second-order valence-electron chi connectivity index (χ2n) is 5.26. The van der Waals surface area contributed by atoms with Gasteiger partial charge in [-0.3, -0.25) is 0 Å². The molecule has 0 unspecified atom stereocenters. The highest BCUT2D eigenvalue weighted by Crippen LogP contribution is 2.33. The largest absolute Gasteiger partial charge is 0.478 e. The predicted molar refractivity (Wildman–Crippen MR) is 75.6 cm³/mol. The highest BCUT2D eigenvalue weighted by molar-refractivity contribution is 6.33. The molecule has 1 aromatic carbocycles. The normalized spacial score (nSPS) is 20.2. The van der Waals surface area contributed by atoms with Crippen molar-refractivity contribution in [2.45, 2.75) is 25.7 Å². The number of halogens is 1. The Morgan fingerprint density at radius 2 is 2.18 bits per heavy atom. The second kappa shape index (κ2) is 5.35. The first-order valence-corrected chi connectivity index (χ1v) is 6.92. The molecule has 2 aromatic rings. The van der Waals surface area contributed by atoms with Crippen molar-refractivity contribution in [1.82, 2.24) is 10.2 Å². The van der Waals surface area contributed by atoms with Crippen LogP contribution in [0.3, 0.4) is 0 Å². The minimum Gasteiger partial charge on any atom is -0.478 e. The second-order valence-corrected chi connectivity index (χ2v) is 5.67. The van der Waals surface area contributed by atoms with Crippen molar-refractivity contribution in [3.8, 4) is 11.5 Å². The van der Waals surface area contributed by atoms with E-state index in [0.717, 1.165) is 0 Å². The maximum Gasteiger partial charge on any atom is 0.337 e. The van der Waals surface area contributed by atoms with Crippen molar-refractivity contribution in [2.75, 3.05) is 6.61 Å². The molecular weight excluding hydrogens is 312 g/mol. The van der Waals surface area contributed by atoms with E-state index in [9.17, 15) is 4.79 Å². The van der Waals surface area contributed by atoms with Crippen LogP contribution in [0.25, 0.3) is 11.5 Å². The van der Waals surface area contributed by atoms with Crippen molar-refractivity contribution in [2.24, 2.45) is 0 Å². The molecular formula is C14H13ClN2O5. The van der Waals surface area contributed by atoms with Crippen LogP contribution in [-0.2, 0) is 9.47 Å². The number of carboxylic acid groups (broad SMARTS) is 1. The SMILES string of the molecule is CC1(C)OC[C@H](c2nnc(-c3ccc(C(=O)O)c(Cl)c3)o2)O1. The number of hydrogen-bond donors (Lipinski definition) is 1. The minimum absolute atomic E-state index is 0.0134. The van der Waals surface area contributed by atoms with Gasteiger partial charge in [0, 0.05) is 5.56 Å². The van der Waals surface area contributed by atoms with E-state index in [0.29, 0.717) is 18.1 Å². The number of nitrogens with zero attached hydrogens (tertiary/aromatic N) is 2. The van der Waals surface area contributed by atoms with Crippen molar-refractivity contribution < 1.29 is 23.8 Å². The Hall–Kier alpha value is -1.96. The van der Waals surface area contributed by atoms with Gasteiger partial charge in [-0.2, -0.15) is 0 Å². The Kier molecular flexibility index (Phi) is 3.64. The van der Waals surface area contributed by atoms with E-state index in [1.165, 1.54) is 12.1 Å². The van der Waals surface area contributed by atoms with Crippen LogP contribution in [0.1, 0.15) is 36.2 Å². The third kappa shape index (κ3) is 2.83. The number of ether oxygens (including phenoxy) is 2. The zero-order valence-electron chi connectivity index (χ0n) is 11.9. The highest BCUT2D eigenvalue weighted by Gasteiger charge is 2.36. The van der Waals surface area contributed by atoms with Crippen LogP contribution < -0.4 is 0 Å². The first kappa shape index (κ1) is 15.0. The molecule has 1 N–H and O–H groups in total. The summed E-state index contributed by atoms with van der Waals surface area (Å²) in [5.74, 6) is -1.24. The van der Waals surface area contributed by atoms with Gasteiger partial charge in [0.2, 0.25) is 11.8 Å². The summed E-state index contributed by atoms with van der Waals surface area (Å²) in [5.41, 5.74) is 0.548. The lowest BCUT2D eigenvalue weighted by Gasteiger charge is -2.15. The summed E-state index contributed by atoms with van der Waals surface area (Å²) in [7, 11) is 0. The van der Waals surface area contributed by atoms with Crippen LogP contribution >= 0.6 is 11.6 Å². The molecule has 0 amide bonds. The van der Waals surface area contributed by atoms with E-state index in [4.69, 9.17) is 30.6 Å². The van der Waals surface area contributed by atoms with Crippen LogP contribution in [0, 0.1) is 0 Å². The van der Waals surface area contributed by atoms with Gasteiger partial charge >= 0.3 is 5.97 Å². The van der Waals surface area contributed by atoms with Crippen LogP contribution in [-0.4, -0.2) is 33.7 Å². The number of benzene rings is 1. The van der Waals surface area contributed by atoms with Crippen LogP contribution in [0.2, 0.25) is 5.02 Å². The van der Waals surface area contributed by atoms with Gasteiger partial charge in [-0.25, -0.2) is 4.79 Å². The summed E-state index contributed by atoms with van der Waals surface area (Å²) in [4.78, 5) is 10.9. The monoisotopic (exact) mass is 324 g/mol. The van der Waals surface area contributed by atoms with Crippen LogP contribution in [0.5, 0.6) is 0 Å². The Balaban J connectivity index is 1.85. The smallest absolute Gasteiger partial charge is 0.337 e. The number of aromatic nitrogens is 2. The number of rotatable bonds is 3. The van der Waals surface area contributed by atoms with Crippen molar-refractivity contribution in [3.05, 3.63) is 34.7 Å². The summed E-state index contributed by atoms with van der Waals surface area (Å²) in [6.45, 7) is 3.93. The number of aromatic carboxylic acids is 1. The molecule has 1 fully saturated rings. The molecule has 2 heterocycles. The topological polar surface area (TPSA) is 94.7 Å². The van der Waals surface area contributed by atoms with E-state index >= 15 is 0 Å². The van der Waals surface area contributed by atoms with E-state index in [-0.39, 0.29) is 16.5 Å². The summed E-state index contributed by atoms with van der Waals surface area (Å²) in [6.07, 6.45) is -0.426. The number of carboxylic acids is 1. The quantitative estimate of drug-likeness (QED) is 0.927. The molecule has 1 saturated heterocycles. The average molecular weight is 325 g/mol. The Morgan fingerprint density at radius 1 is 1.41 bits per heavy atom. The average Bonchev–Trinajstić information content (AvgIpc) is 3.04. The summed E-state index contributed by atoms with van der Waals surface area (Å²) in [6, 6.07) is 4.42. The molecule has 7 nitrogen and oxygen atoms in total. The Bertz CT molecular complexity index is 728. The number of carbonyl (C=O) groups is 1. The van der Waals surface area contributed by atoms with Crippen LogP contribution in [0.15, 0.2) is 22.6 Å². The first-order chi connectivity index (χ1) is 10.4. The first-order valence-electron chi connectivity index (χ1n) is 6.54. The third-order valence-electron chi connectivity index (χ3n) is 3.17. The van der Waals surface area contributed by atoms with Gasteiger partial charge in [-0.05, 0) is 32.0 Å². The highest BCUT2D eigenvalue weighted by atomic mass is 35.5. The lowest BCUT2D eigenvalue weighted by Crippen LogP contribution is -2.19. The molecule has 0 radical (unpaired) electrons. The van der Waals surface area contributed by atoms with Gasteiger partial charge in [0.25, 0.3) is 0 Å². The van der Waals surface area contributed by atoms with Gasteiger partial charge in [0.05, 0.1) is 17.2 Å². The van der Waals surface area contributed by atoms with Crippen molar-refractivity contribution >= 4 is 17.6 Å². The van der Waals surface area contributed by atoms with Gasteiger partial charge in [0.1, 0.15) is 0 Å². The minimum atomic E-state index is -1.10. The fourth-order valence-electron chi connectivity index (χ4n) is 2.11. The van der Waals surface area contributed by atoms with Crippen molar-refractivity contribution in [3.63, 3.8) is 0 Å². The lowest BCUT2D eigenvalue weighted by molar-refractivity contribution is -0.141. The summed E-state index contributed by atoms with van der Waals surface area (Å²) >= 11 is 5.93. The molecule has 0 spiro atoms. The fourth-order valence-corrected chi connectivity index (χ4v) is 2.37. The molecule has 1 atom stereocenters. The standard InChI is InChI=1S/C14H13ClN2O5/c1-14(2)20-6-10(22-14)12-17-16-11(21-12)7-3-4-8(13(18)19)9(15)5-7/h3-5,10H,6H2,1-2H3,(H,18,19)/t10-/m1/s1. The van der Waals surface area contributed by atoms with E-state index < -0.39 is 17.9 Å². The maximum absolute atomic E-state index is 10.9. The fraction of sp³-hybridized carbons (Fsp3) is 0.357. The third-order valence-corrected chi connectivity index (χ3v) is 3.48. The molecule has 0 aliphatic carbocycles. The molecule has 1 aliphatic heterocycles. The van der Waals surface area contributed by atoms with Gasteiger partial charge in [0.15, 0.2) is 11.9 Å². The predicted octanol–water partition coefficient (Wildman–Crippen LogP) is 2.91. The van der Waals surface area contributed by atoms with E-state index in [1.807, 2.05) is 0 Å². The maximum atomic E-state index is 10.9. The number of hydrogen-bond acceptors (Lipinski definition) is 6. The molecule has 1 aromatic heterocycles. The summed E-state index contributed by atoms with van der Waals surface area (Å²) in [5, 5.41) is 16.9. The lowest BCUT2D eigenvalue weighted by atomic mass is 10.1. The zero-order valence-corrected chi connectivity index (χ0v) is 12.6. The molecule has 3 rings (SSSR count). The van der Waals surface area contributed by atoms with Gasteiger partial charge in [-0.1, -0.05) is 11.6 Å². The molecule has 116 valence electrons. The Labute approximate surface area is 130 Å². The van der Waals surface area contributed by atoms with E-state index in [2.05, 4.69) is 10.2 Å². The van der Waals surface area contributed by atoms with Crippen molar-refractivity contribution in [1.29, 1.82) is 0 Å². The zero-order chi connectivity index (χ0) is 15.9. The van der Waals surface area contributed by atoms with Crippen LogP contribution in [0.4, 0.5) is 0 Å². The van der Waals surface area contributed by atoms with Gasteiger partial charge < -0.3 is 19.0 Å². The molecule has 1 aliphatic rings. The van der Waals surface area contributed by atoms with Gasteiger partial charge in [-0.15, -0.1) is 10.2 Å². The Morgan fingerprint density at radius 3 is 2.77 bits per heavy atom. The molecule has 0 bridgehead atoms. The van der Waals surface area contributed by atoms with E-state index in [1.54, 1.807) is 19.9 Å². The summed E-state index contributed by atoms with van der Waals surface area (Å²) < 4.78 is 16.7. The molecule has 0 saturated carbocycles. The molecule has 8 heteroatoms.